The molecule has 0 fully saturated rings. The van der Waals surface area contributed by atoms with Gasteiger partial charge in [0.25, 0.3) is 0 Å². The average molecular weight is 387 g/mol. The van der Waals surface area contributed by atoms with Gasteiger partial charge in [-0.15, -0.1) is 0 Å². The number of ether oxygens (including phenoxy) is 1. The maximum Gasteiger partial charge on any atom is 0.407 e. The Morgan fingerprint density at radius 2 is 1.69 bits per heavy atom. The van der Waals surface area contributed by atoms with E-state index in [0.29, 0.717) is 18.7 Å². The van der Waals surface area contributed by atoms with Crippen LogP contribution in [0.2, 0.25) is 0 Å². The van der Waals surface area contributed by atoms with Crippen LogP contribution < -0.4 is 5.32 Å². The van der Waals surface area contributed by atoms with Crippen LogP contribution in [0.4, 0.5) is 9.18 Å². The van der Waals surface area contributed by atoms with Crippen molar-refractivity contribution < 1.29 is 13.9 Å². The van der Waals surface area contributed by atoms with Gasteiger partial charge in [-0.2, -0.15) is 0 Å². The van der Waals surface area contributed by atoms with E-state index in [9.17, 15) is 9.18 Å². The Balaban J connectivity index is 1.33. The molecule has 146 valence electrons. The lowest BCUT2D eigenvalue weighted by molar-refractivity contribution is 0.144. The summed E-state index contributed by atoms with van der Waals surface area (Å²) in [4.78, 5) is 12.1. The molecule has 1 aliphatic rings. The van der Waals surface area contributed by atoms with Crippen LogP contribution in [0.5, 0.6) is 0 Å². The third-order valence-corrected chi connectivity index (χ3v) is 5.20. The van der Waals surface area contributed by atoms with Gasteiger partial charge < -0.3 is 10.1 Å². The summed E-state index contributed by atoms with van der Waals surface area (Å²) in [7, 11) is 0. The second-order valence-electron chi connectivity index (χ2n) is 7.12. The van der Waals surface area contributed by atoms with Crippen LogP contribution in [0.25, 0.3) is 17.2 Å². The Bertz CT molecular complexity index is 1030. The molecule has 1 N–H and O–H groups in total. The summed E-state index contributed by atoms with van der Waals surface area (Å²) in [6.45, 7) is 2.36. The van der Waals surface area contributed by atoms with Crippen LogP contribution in [0.15, 0.2) is 72.8 Å². The molecule has 0 aromatic heterocycles. The molecule has 0 radical (unpaired) electrons. The Kier molecular flexibility index (Phi) is 5.43. The van der Waals surface area contributed by atoms with Crippen LogP contribution in [0.1, 0.15) is 28.2 Å². The zero-order chi connectivity index (χ0) is 20.2. The molecule has 0 bridgehead atoms. The minimum absolute atomic E-state index is 0.0471. The van der Waals surface area contributed by atoms with Gasteiger partial charge in [-0.05, 0) is 52.4 Å². The second-order valence-corrected chi connectivity index (χ2v) is 7.12. The maximum atomic E-state index is 13.3. The first-order valence-electron chi connectivity index (χ1n) is 9.65. The standard InChI is InChI=1S/C25H22FNO2/c1-17-15-18(12-13-24(17)26)7-6-14-27-25(28)29-16-23-21-10-4-2-8-19(21)20-9-3-5-11-22(20)23/h2-13,15,23H,14,16H2,1H3,(H,27,28). The predicted octanol–water partition coefficient (Wildman–Crippen LogP) is 5.69. The fraction of sp³-hybridized carbons (Fsp3) is 0.160. The van der Waals surface area contributed by atoms with Gasteiger partial charge in [-0.1, -0.05) is 66.7 Å². The quantitative estimate of drug-likeness (QED) is 0.611. The molecule has 1 amide bonds. The highest BCUT2D eigenvalue weighted by Gasteiger charge is 2.28. The summed E-state index contributed by atoms with van der Waals surface area (Å²) < 4.78 is 18.8. The van der Waals surface area contributed by atoms with E-state index in [1.807, 2.05) is 36.4 Å². The summed E-state index contributed by atoms with van der Waals surface area (Å²) >= 11 is 0. The van der Waals surface area contributed by atoms with Crippen LogP contribution in [0.3, 0.4) is 0 Å². The monoisotopic (exact) mass is 387 g/mol. The van der Waals surface area contributed by atoms with Gasteiger partial charge >= 0.3 is 6.09 Å². The third kappa shape index (κ3) is 4.06. The highest BCUT2D eigenvalue weighted by Crippen LogP contribution is 2.44. The number of fused-ring (bicyclic) bond motifs is 3. The van der Waals surface area contributed by atoms with E-state index in [1.165, 1.54) is 28.3 Å². The van der Waals surface area contributed by atoms with Gasteiger partial charge in [-0.25, -0.2) is 9.18 Å². The first-order valence-corrected chi connectivity index (χ1v) is 9.65. The lowest BCUT2D eigenvalue weighted by Crippen LogP contribution is -2.26. The van der Waals surface area contributed by atoms with Gasteiger partial charge in [0, 0.05) is 12.5 Å². The van der Waals surface area contributed by atoms with Crippen LogP contribution in [-0.4, -0.2) is 19.2 Å². The number of carbonyl (C=O) groups excluding carboxylic acids is 1. The predicted molar refractivity (Wildman–Crippen MR) is 113 cm³/mol. The van der Waals surface area contributed by atoms with Crippen LogP contribution in [0, 0.1) is 12.7 Å². The van der Waals surface area contributed by atoms with Crippen LogP contribution >= 0.6 is 0 Å². The topological polar surface area (TPSA) is 38.3 Å². The van der Waals surface area contributed by atoms with Crippen LogP contribution in [-0.2, 0) is 4.74 Å². The van der Waals surface area contributed by atoms with Gasteiger partial charge in [0.1, 0.15) is 12.4 Å². The van der Waals surface area contributed by atoms with E-state index in [2.05, 4.69) is 29.6 Å². The molecule has 29 heavy (non-hydrogen) atoms. The molecule has 3 aromatic rings. The average Bonchev–Trinajstić information content (AvgIpc) is 3.06. The Labute approximate surface area is 169 Å². The van der Waals surface area contributed by atoms with E-state index in [0.717, 1.165) is 5.56 Å². The largest absolute Gasteiger partial charge is 0.449 e. The smallest absolute Gasteiger partial charge is 0.407 e. The molecule has 4 heteroatoms. The van der Waals surface area contributed by atoms with E-state index >= 15 is 0 Å². The maximum absolute atomic E-state index is 13.3. The van der Waals surface area contributed by atoms with Gasteiger partial charge in [-0.3, -0.25) is 0 Å². The molecule has 4 rings (SSSR count). The van der Waals surface area contributed by atoms with E-state index in [-0.39, 0.29) is 11.7 Å². The van der Waals surface area contributed by atoms with E-state index < -0.39 is 6.09 Å². The fourth-order valence-electron chi connectivity index (χ4n) is 3.76. The Hall–Kier alpha value is -3.40. The highest BCUT2D eigenvalue weighted by molar-refractivity contribution is 5.79. The number of rotatable bonds is 5. The number of aryl methyl sites for hydroxylation is 1. The molecule has 0 saturated carbocycles. The second kappa shape index (κ2) is 8.31. The zero-order valence-corrected chi connectivity index (χ0v) is 16.2. The minimum atomic E-state index is -0.452. The lowest BCUT2D eigenvalue weighted by atomic mass is 9.98. The molecule has 3 nitrogen and oxygen atoms in total. The lowest BCUT2D eigenvalue weighted by Gasteiger charge is -2.14. The third-order valence-electron chi connectivity index (χ3n) is 5.20. The van der Waals surface area contributed by atoms with Crippen molar-refractivity contribution in [2.45, 2.75) is 12.8 Å². The van der Waals surface area contributed by atoms with Crippen molar-refractivity contribution >= 4 is 12.2 Å². The summed E-state index contributed by atoms with van der Waals surface area (Å²) in [5.41, 5.74) is 6.26. The summed E-state index contributed by atoms with van der Waals surface area (Å²) in [6, 6.07) is 21.4. The first kappa shape index (κ1) is 18.9. The van der Waals surface area contributed by atoms with Crippen molar-refractivity contribution in [2.75, 3.05) is 13.2 Å². The Morgan fingerprint density at radius 1 is 1.03 bits per heavy atom. The number of hydrogen-bond acceptors (Lipinski definition) is 2. The zero-order valence-electron chi connectivity index (χ0n) is 16.2. The summed E-state index contributed by atoms with van der Waals surface area (Å²) in [5.74, 6) is -0.176. The number of carbonyl (C=O) groups is 1. The molecule has 0 spiro atoms. The van der Waals surface area contributed by atoms with Gasteiger partial charge in [0.05, 0.1) is 0 Å². The highest BCUT2D eigenvalue weighted by atomic mass is 19.1. The van der Waals surface area contributed by atoms with Crippen molar-refractivity contribution in [1.29, 1.82) is 0 Å². The van der Waals surface area contributed by atoms with Crippen molar-refractivity contribution in [2.24, 2.45) is 0 Å². The van der Waals surface area contributed by atoms with Crippen molar-refractivity contribution in [3.63, 3.8) is 0 Å². The fourth-order valence-corrected chi connectivity index (χ4v) is 3.76. The van der Waals surface area contributed by atoms with Gasteiger partial charge in [0.15, 0.2) is 0 Å². The molecule has 0 atom stereocenters. The van der Waals surface area contributed by atoms with Crippen molar-refractivity contribution in [3.8, 4) is 11.1 Å². The van der Waals surface area contributed by atoms with E-state index in [4.69, 9.17) is 4.74 Å². The number of halogens is 1. The molecule has 0 heterocycles. The summed E-state index contributed by atoms with van der Waals surface area (Å²) in [5, 5.41) is 2.73. The molecule has 0 unspecified atom stereocenters. The van der Waals surface area contributed by atoms with Gasteiger partial charge in [0.2, 0.25) is 0 Å². The summed E-state index contributed by atoms with van der Waals surface area (Å²) in [6.07, 6.45) is 3.20. The number of hydrogen-bond donors (Lipinski definition) is 1. The van der Waals surface area contributed by atoms with Crippen molar-refractivity contribution in [3.05, 3.63) is 101 Å². The normalized spacial score (nSPS) is 12.6. The SMILES string of the molecule is Cc1cc(C=CCNC(=O)OCC2c3ccccc3-c3ccccc32)ccc1F. The number of alkyl carbamates (subject to hydrolysis) is 1. The molecular formula is C25H22FNO2. The van der Waals surface area contributed by atoms with Crippen molar-refractivity contribution in [1.82, 2.24) is 5.32 Å². The molecule has 1 aliphatic carbocycles. The number of amides is 1. The first-order chi connectivity index (χ1) is 14.1. The molecule has 3 aromatic carbocycles. The molecular weight excluding hydrogens is 365 g/mol. The number of nitrogens with one attached hydrogen (secondary N) is 1. The minimum Gasteiger partial charge on any atom is -0.449 e. The molecule has 0 saturated heterocycles. The molecule has 0 aliphatic heterocycles. The Morgan fingerprint density at radius 3 is 2.34 bits per heavy atom. The van der Waals surface area contributed by atoms with E-state index in [1.54, 1.807) is 19.1 Å². The number of benzene rings is 3.